The minimum atomic E-state index is -0.349. The maximum atomic E-state index is 13.1. The zero-order chi connectivity index (χ0) is 20.4. The van der Waals surface area contributed by atoms with Crippen LogP contribution in [0.3, 0.4) is 0 Å². The van der Waals surface area contributed by atoms with Crippen LogP contribution in [-0.2, 0) is 0 Å². The highest BCUT2D eigenvalue weighted by atomic mass is 19.1. The second kappa shape index (κ2) is 8.15. The second-order valence-corrected chi connectivity index (χ2v) is 7.83. The third-order valence-electron chi connectivity index (χ3n) is 5.43. The molecule has 4 rings (SSSR count). The van der Waals surface area contributed by atoms with Crippen molar-refractivity contribution < 1.29 is 13.7 Å². The lowest BCUT2D eigenvalue weighted by molar-refractivity contribution is 0.0695. The van der Waals surface area contributed by atoms with Gasteiger partial charge < -0.3 is 9.42 Å². The van der Waals surface area contributed by atoms with Crippen molar-refractivity contribution in [3.8, 4) is 11.4 Å². The third kappa shape index (κ3) is 4.21. The predicted octanol–water partition coefficient (Wildman–Crippen LogP) is 5.02. The Morgan fingerprint density at radius 1 is 1.14 bits per heavy atom. The van der Waals surface area contributed by atoms with Crippen LogP contribution in [0.4, 0.5) is 4.39 Å². The van der Waals surface area contributed by atoms with Crippen LogP contribution in [0.2, 0.25) is 0 Å². The molecule has 29 heavy (non-hydrogen) atoms. The topological polar surface area (TPSA) is 59.2 Å². The van der Waals surface area contributed by atoms with E-state index in [2.05, 4.69) is 36.1 Å². The predicted molar refractivity (Wildman–Crippen MR) is 108 cm³/mol. The molecule has 6 heteroatoms. The Morgan fingerprint density at radius 3 is 2.55 bits per heavy atom. The fourth-order valence-electron chi connectivity index (χ4n) is 3.67. The molecule has 150 valence electrons. The van der Waals surface area contributed by atoms with Crippen molar-refractivity contribution >= 4 is 5.91 Å². The van der Waals surface area contributed by atoms with Crippen molar-refractivity contribution in [2.45, 2.75) is 38.5 Å². The van der Waals surface area contributed by atoms with Gasteiger partial charge in [-0.05, 0) is 48.6 Å². The van der Waals surface area contributed by atoms with Crippen LogP contribution >= 0.6 is 0 Å². The Bertz CT molecular complexity index is 980. The molecule has 0 N–H and O–H groups in total. The molecule has 1 aliphatic heterocycles. The van der Waals surface area contributed by atoms with Gasteiger partial charge in [-0.1, -0.05) is 43.3 Å². The molecule has 1 amide bonds. The maximum absolute atomic E-state index is 13.1. The standard InChI is InChI=1S/C23H24FN3O2/c1-15(2)16-5-7-17(8-6-16)21-25-22(29-26-21)19-4-3-13-27(14-19)23(28)18-9-11-20(24)12-10-18/h5-12,15,19H,3-4,13-14H2,1-2H3/t19-/m1/s1. The van der Waals surface area contributed by atoms with Gasteiger partial charge in [-0.2, -0.15) is 4.98 Å². The fraction of sp³-hybridized carbons (Fsp3) is 0.348. The Labute approximate surface area is 169 Å². The summed E-state index contributed by atoms with van der Waals surface area (Å²) in [7, 11) is 0. The molecule has 1 fully saturated rings. The molecule has 1 saturated heterocycles. The highest BCUT2D eigenvalue weighted by molar-refractivity contribution is 5.94. The largest absolute Gasteiger partial charge is 0.339 e. The van der Waals surface area contributed by atoms with Gasteiger partial charge >= 0.3 is 0 Å². The summed E-state index contributed by atoms with van der Waals surface area (Å²) in [5.41, 5.74) is 2.67. The first-order valence-electron chi connectivity index (χ1n) is 10.00. The average Bonchev–Trinajstić information content (AvgIpc) is 3.24. The molecular weight excluding hydrogens is 369 g/mol. The minimum Gasteiger partial charge on any atom is -0.339 e. The van der Waals surface area contributed by atoms with E-state index in [0.717, 1.165) is 18.4 Å². The number of carbonyl (C=O) groups is 1. The van der Waals surface area contributed by atoms with Gasteiger partial charge in [0.1, 0.15) is 5.82 Å². The van der Waals surface area contributed by atoms with Crippen molar-refractivity contribution in [2.24, 2.45) is 0 Å². The Balaban J connectivity index is 1.47. The lowest BCUT2D eigenvalue weighted by Gasteiger charge is -2.31. The van der Waals surface area contributed by atoms with E-state index >= 15 is 0 Å². The minimum absolute atomic E-state index is 0.00401. The lowest BCUT2D eigenvalue weighted by atomic mass is 9.97. The molecule has 0 radical (unpaired) electrons. The Hall–Kier alpha value is -3.02. The van der Waals surface area contributed by atoms with E-state index in [0.29, 0.717) is 36.3 Å². The van der Waals surface area contributed by atoms with E-state index in [4.69, 9.17) is 4.52 Å². The molecule has 3 aromatic rings. The molecule has 1 aliphatic rings. The molecule has 2 heterocycles. The van der Waals surface area contributed by atoms with Crippen LogP contribution in [0.1, 0.15) is 60.3 Å². The van der Waals surface area contributed by atoms with Crippen molar-refractivity contribution in [2.75, 3.05) is 13.1 Å². The zero-order valence-corrected chi connectivity index (χ0v) is 16.6. The maximum Gasteiger partial charge on any atom is 0.253 e. The molecule has 5 nitrogen and oxygen atoms in total. The van der Waals surface area contributed by atoms with Crippen LogP contribution in [-0.4, -0.2) is 34.0 Å². The number of benzene rings is 2. The summed E-state index contributed by atoms with van der Waals surface area (Å²) in [6.45, 7) is 5.50. The summed E-state index contributed by atoms with van der Waals surface area (Å²) >= 11 is 0. The van der Waals surface area contributed by atoms with Gasteiger partial charge in [-0.15, -0.1) is 0 Å². The van der Waals surface area contributed by atoms with Crippen molar-refractivity contribution in [1.29, 1.82) is 0 Å². The summed E-state index contributed by atoms with van der Waals surface area (Å²) < 4.78 is 18.7. The van der Waals surface area contributed by atoms with E-state index in [1.54, 1.807) is 4.90 Å². The van der Waals surface area contributed by atoms with Gasteiger partial charge in [-0.3, -0.25) is 4.79 Å². The highest BCUT2D eigenvalue weighted by Gasteiger charge is 2.29. The average molecular weight is 393 g/mol. The summed E-state index contributed by atoms with van der Waals surface area (Å²) in [6.07, 6.45) is 1.75. The summed E-state index contributed by atoms with van der Waals surface area (Å²) in [5, 5.41) is 4.14. The van der Waals surface area contributed by atoms with Gasteiger partial charge in [0.25, 0.3) is 5.91 Å². The van der Waals surface area contributed by atoms with E-state index in [-0.39, 0.29) is 17.6 Å². The van der Waals surface area contributed by atoms with Gasteiger partial charge in [0.05, 0.1) is 5.92 Å². The number of likely N-dealkylation sites (tertiary alicyclic amines) is 1. The lowest BCUT2D eigenvalue weighted by Crippen LogP contribution is -2.39. The highest BCUT2D eigenvalue weighted by Crippen LogP contribution is 2.29. The third-order valence-corrected chi connectivity index (χ3v) is 5.43. The molecule has 2 aromatic carbocycles. The fourth-order valence-corrected chi connectivity index (χ4v) is 3.67. The number of hydrogen-bond donors (Lipinski definition) is 0. The number of nitrogens with zero attached hydrogens (tertiary/aromatic N) is 3. The molecule has 1 aromatic heterocycles. The van der Waals surface area contributed by atoms with Gasteiger partial charge in [0, 0.05) is 24.2 Å². The molecule has 0 saturated carbocycles. The van der Waals surface area contributed by atoms with Crippen LogP contribution in [0, 0.1) is 5.82 Å². The number of amides is 1. The van der Waals surface area contributed by atoms with Gasteiger partial charge in [0.2, 0.25) is 11.7 Å². The summed E-state index contributed by atoms with van der Waals surface area (Å²) in [4.78, 5) is 19.1. The number of piperidine rings is 1. The Morgan fingerprint density at radius 2 is 1.86 bits per heavy atom. The van der Waals surface area contributed by atoms with E-state index in [9.17, 15) is 9.18 Å². The number of hydrogen-bond acceptors (Lipinski definition) is 4. The molecule has 0 bridgehead atoms. The Kier molecular flexibility index (Phi) is 5.43. The second-order valence-electron chi connectivity index (χ2n) is 7.83. The quantitative estimate of drug-likeness (QED) is 0.625. The van der Waals surface area contributed by atoms with Crippen LogP contribution in [0.25, 0.3) is 11.4 Å². The number of halogens is 1. The molecule has 0 unspecified atom stereocenters. The van der Waals surface area contributed by atoms with Crippen molar-refractivity contribution in [3.63, 3.8) is 0 Å². The van der Waals surface area contributed by atoms with Crippen molar-refractivity contribution in [3.05, 3.63) is 71.4 Å². The van der Waals surface area contributed by atoms with Gasteiger partial charge in [0.15, 0.2) is 0 Å². The first-order chi connectivity index (χ1) is 14.0. The number of carbonyl (C=O) groups excluding carboxylic acids is 1. The number of rotatable bonds is 4. The SMILES string of the molecule is CC(C)c1ccc(-c2noc([C@@H]3CCCN(C(=O)c4ccc(F)cc4)C3)n2)cc1. The molecule has 0 spiro atoms. The van der Waals surface area contributed by atoms with Crippen molar-refractivity contribution in [1.82, 2.24) is 15.0 Å². The van der Waals surface area contributed by atoms with Gasteiger partial charge in [-0.25, -0.2) is 4.39 Å². The van der Waals surface area contributed by atoms with Crippen LogP contribution < -0.4 is 0 Å². The molecule has 0 aliphatic carbocycles. The van der Waals surface area contributed by atoms with Crippen LogP contribution in [0.5, 0.6) is 0 Å². The normalized spacial score (nSPS) is 17.0. The monoisotopic (exact) mass is 393 g/mol. The first kappa shape index (κ1) is 19.3. The summed E-state index contributed by atoms with van der Waals surface area (Å²) in [5.74, 6) is 1.15. The smallest absolute Gasteiger partial charge is 0.253 e. The molecular formula is C23H24FN3O2. The number of aromatic nitrogens is 2. The van der Waals surface area contributed by atoms with E-state index in [1.807, 2.05) is 12.1 Å². The van der Waals surface area contributed by atoms with E-state index in [1.165, 1.54) is 29.8 Å². The summed E-state index contributed by atoms with van der Waals surface area (Å²) in [6, 6.07) is 13.8. The molecule has 1 atom stereocenters. The first-order valence-corrected chi connectivity index (χ1v) is 10.00. The zero-order valence-electron chi connectivity index (χ0n) is 16.6. The van der Waals surface area contributed by atoms with E-state index < -0.39 is 0 Å². The van der Waals surface area contributed by atoms with Crippen LogP contribution in [0.15, 0.2) is 53.1 Å².